The largest absolute Gasteiger partial charge is 0.449 e. The molecule has 0 spiro atoms. The molecular formula is C12H24N2O2S. The summed E-state index contributed by atoms with van der Waals surface area (Å²) in [6.45, 7) is 8.68. The Hall–Kier alpha value is -0.420. The van der Waals surface area contributed by atoms with Gasteiger partial charge in [0.2, 0.25) is 0 Å². The Morgan fingerprint density at radius 1 is 1.47 bits per heavy atom. The summed E-state index contributed by atoms with van der Waals surface area (Å²) in [7, 11) is 0. The normalized spacial score (nSPS) is 20.3. The van der Waals surface area contributed by atoms with Crippen LogP contribution in [0.2, 0.25) is 0 Å². The van der Waals surface area contributed by atoms with Crippen molar-refractivity contribution < 1.29 is 9.53 Å². The number of amides is 1. The van der Waals surface area contributed by atoms with E-state index >= 15 is 0 Å². The molecule has 1 saturated heterocycles. The summed E-state index contributed by atoms with van der Waals surface area (Å²) in [5.74, 6) is 0.381. The first-order chi connectivity index (χ1) is 7.95. The average molecular weight is 260 g/mol. The van der Waals surface area contributed by atoms with Crippen LogP contribution in [0.4, 0.5) is 4.79 Å². The molecule has 1 heterocycles. The lowest BCUT2D eigenvalue weighted by molar-refractivity contribution is 0.113. The molecule has 4 nitrogen and oxygen atoms in total. The number of nitrogens with one attached hydrogen (secondary N) is 1. The van der Waals surface area contributed by atoms with E-state index in [2.05, 4.69) is 22.8 Å². The van der Waals surface area contributed by atoms with Crippen LogP contribution < -0.4 is 5.32 Å². The quantitative estimate of drug-likeness (QED) is 0.789. The third-order valence-corrected chi connectivity index (χ3v) is 3.92. The van der Waals surface area contributed by atoms with E-state index in [9.17, 15) is 4.79 Å². The monoisotopic (exact) mass is 260 g/mol. The summed E-state index contributed by atoms with van der Waals surface area (Å²) in [5, 5.41) is 3.00. The summed E-state index contributed by atoms with van der Waals surface area (Å²) >= 11 is 1.77. The highest BCUT2D eigenvalue weighted by molar-refractivity contribution is 7.96. The Bertz CT molecular complexity index is 251. The number of hydrogen-bond acceptors (Lipinski definition) is 4. The number of ether oxygens (including phenoxy) is 1. The maximum Gasteiger partial charge on any atom is 0.407 e. The number of rotatable bonds is 4. The highest BCUT2D eigenvalue weighted by atomic mass is 32.2. The fraction of sp³-hybridized carbons (Fsp3) is 0.917. The number of hydrogen-bond donors (Lipinski definition) is 1. The predicted octanol–water partition coefficient (Wildman–Crippen LogP) is 2.50. The molecule has 0 saturated carbocycles. The van der Waals surface area contributed by atoms with Crippen LogP contribution in [0.5, 0.6) is 0 Å². The van der Waals surface area contributed by atoms with Gasteiger partial charge in [0, 0.05) is 18.6 Å². The van der Waals surface area contributed by atoms with Crippen molar-refractivity contribution >= 4 is 18.0 Å². The third kappa shape index (κ3) is 5.17. The van der Waals surface area contributed by atoms with Crippen molar-refractivity contribution in [1.29, 1.82) is 0 Å². The Morgan fingerprint density at radius 3 is 2.53 bits per heavy atom. The van der Waals surface area contributed by atoms with Crippen molar-refractivity contribution in [2.75, 3.05) is 26.0 Å². The molecule has 100 valence electrons. The maximum absolute atomic E-state index is 11.6. The smallest absolute Gasteiger partial charge is 0.407 e. The minimum atomic E-state index is -0.279. The van der Waals surface area contributed by atoms with E-state index < -0.39 is 0 Å². The summed E-state index contributed by atoms with van der Waals surface area (Å²) in [6.07, 6.45) is 3.76. The number of piperidine rings is 1. The van der Waals surface area contributed by atoms with Crippen molar-refractivity contribution in [3.8, 4) is 0 Å². The van der Waals surface area contributed by atoms with Gasteiger partial charge in [-0.1, -0.05) is 25.8 Å². The molecule has 1 rings (SSSR count). The molecular weight excluding hydrogens is 236 g/mol. The third-order valence-electron chi connectivity index (χ3n) is 3.04. The minimum absolute atomic E-state index is 0.111. The van der Waals surface area contributed by atoms with Gasteiger partial charge in [-0.25, -0.2) is 4.79 Å². The van der Waals surface area contributed by atoms with Crippen LogP contribution >= 0.6 is 11.9 Å². The van der Waals surface area contributed by atoms with E-state index in [0.29, 0.717) is 12.5 Å². The van der Waals surface area contributed by atoms with Crippen LogP contribution in [-0.2, 0) is 4.74 Å². The molecule has 1 N–H and O–H groups in total. The van der Waals surface area contributed by atoms with Gasteiger partial charge in [-0.3, -0.25) is 4.31 Å². The van der Waals surface area contributed by atoms with Crippen molar-refractivity contribution in [3.63, 3.8) is 0 Å². The fourth-order valence-electron chi connectivity index (χ4n) is 1.81. The fourth-order valence-corrected chi connectivity index (χ4v) is 2.36. The topological polar surface area (TPSA) is 41.6 Å². The van der Waals surface area contributed by atoms with Crippen LogP contribution in [0.15, 0.2) is 0 Å². The molecule has 17 heavy (non-hydrogen) atoms. The van der Waals surface area contributed by atoms with E-state index in [1.54, 1.807) is 11.9 Å². The molecule has 0 aromatic rings. The second-order valence-electron chi connectivity index (χ2n) is 5.29. The molecule has 0 atom stereocenters. The first-order valence-corrected chi connectivity index (χ1v) is 7.37. The zero-order valence-electron chi connectivity index (χ0n) is 11.3. The Kier molecular flexibility index (Phi) is 5.59. The van der Waals surface area contributed by atoms with E-state index in [1.165, 1.54) is 0 Å². The lowest BCUT2D eigenvalue weighted by Gasteiger charge is -2.38. The van der Waals surface area contributed by atoms with E-state index in [-0.39, 0.29) is 11.6 Å². The summed E-state index contributed by atoms with van der Waals surface area (Å²) in [6, 6.07) is 0. The highest BCUT2D eigenvalue weighted by Gasteiger charge is 2.31. The Morgan fingerprint density at radius 2 is 2.06 bits per heavy atom. The second kappa shape index (κ2) is 6.50. The molecule has 0 radical (unpaired) electrons. The molecule has 1 amide bonds. The van der Waals surface area contributed by atoms with Crippen molar-refractivity contribution in [2.45, 2.75) is 39.2 Å². The lowest BCUT2D eigenvalue weighted by atomic mass is 9.91. The zero-order valence-corrected chi connectivity index (χ0v) is 12.1. The zero-order chi connectivity index (χ0) is 12.9. The molecule has 1 fully saturated rings. The van der Waals surface area contributed by atoms with Crippen LogP contribution in [0.25, 0.3) is 0 Å². The Labute approximate surface area is 109 Å². The van der Waals surface area contributed by atoms with Gasteiger partial charge >= 0.3 is 6.09 Å². The van der Waals surface area contributed by atoms with Gasteiger partial charge in [0.1, 0.15) is 0 Å². The minimum Gasteiger partial charge on any atom is -0.449 e. The van der Waals surface area contributed by atoms with Crippen molar-refractivity contribution in [3.05, 3.63) is 0 Å². The van der Waals surface area contributed by atoms with Gasteiger partial charge in [-0.2, -0.15) is 0 Å². The first kappa shape index (κ1) is 14.6. The van der Waals surface area contributed by atoms with Gasteiger partial charge in [0.05, 0.1) is 6.61 Å². The number of carbonyl (C=O) groups is 1. The molecule has 1 aliphatic heterocycles. The summed E-state index contributed by atoms with van der Waals surface area (Å²) < 4.78 is 7.48. The van der Waals surface area contributed by atoms with Gasteiger partial charge in [-0.15, -0.1) is 0 Å². The SMILES string of the molecule is CSN1CCC(C)(NC(=O)OCC(C)C)CC1. The van der Waals surface area contributed by atoms with Crippen molar-refractivity contribution in [2.24, 2.45) is 5.92 Å². The molecule has 0 aliphatic carbocycles. The number of nitrogens with zero attached hydrogens (tertiary/aromatic N) is 1. The van der Waals surface area contributed by atoms with Crippen molar-refractivity contribution in [1.82, 2.24) is 9.62 Å². The molecule has 5 heteroatoms. The lowest BCUT2D eigenvalue weighted by Crippen LogP contribution is -2.52. The van der Waals surface area contributed by atoms with E-state index in [1.807, 2.05) is 13.8 Å². The highest BCUT2D eigenvalue weighted by Crippen LogP contribution is 2.24. The van der Waals surface area contributed by atoms with Crippen LogP contribution in [-0.4, -0.2) is 41.9 Å². The van der Waals surface area contributed by atoms with Crippen LogP contribution in [0, 0.1) is 5.92 Å². The number of carbonyl (C=O) groups excluding carboxylic acids is 1. The van der Waals surface area contributed by atoms with Gasteiger partial charge in [0.25, 0.3) is 0 Å². The second-order valence-corrected chi connectivity index (χ2v) is 6.17. The summed E-state index contributed by atoms with van der Waals surface area (Å²) in [5.41, 5.74) is -0.111. The predicted molar refractivity (Wildman–Crippen MR) is 72.0 cm³/mol. The van der Waals surface area contributed by atoms with Gasteiger partial charge < -0.3 is 10.1 Å². The van der Waals surface area contributed by atoms with Gasteiger partial charge in [-0.05, 0) is 31.9 Å². The standard InChI is InChI=1S/C12H24N2O2S/c1-10(2)9-16-11(15)13-12(3)5-7-14(17-4)8-6-12/h10H,5-9H2,1-4H3,(H,13,15). The Balaban J connectivity index is 2.32. The molecule has 0 aromatic carbocycles. The first-order valence-electron chi connectivity index (χ1n) is 6.19. The van der Waals surface area contributed by atoms with E-state index in [0.717, 1.165) is 25.9 Å². The van der Waals surface area contributed by atoms with Crippen LogP contribution in [0.3, 0.4) is 0 Å². The van der Waals surface area contributed by atoms with Gasteiger partial charge in [0.15, 0.2) is 0 Å². The van der Waals surface area contributed by atoms with E-state index in [4.69, 9.17) is 4.74 Å². The average Bonchev–Trinajstić information content (AvgIpc) is 2.27. The molecule has 1 aliphatic rings. The molecule has 0 aromatic heterocycles. The summed E-state index contributed by atoms with van der Waals surface area (Å²) in [4.78, 5) is 11.6. The number of alkyl carbamates (subject to hydrolysis) is 1. The maximum atomic E-state index is 11.6. The molecule has 0 bridgehead atoms. The molecule has 0 unspecified atom stereocenters. The van der Waals surface area contributed by atoms with Crippen LogP contribution in [0.1, 0.15) is 33.6 Å².